The third-order valence-corrected chi connectivity index (χ3v) is 6.44. The van der Waals surface area contributed by atoms with Crippen molar-refractivity contribution in [1.82, 2.24) is 9.97 Å². The Morgan fingerprint density at radius 2 is 1.52 bits per heavy atom. The fourth-order valence-corrected chi connectivity index (χ4v) is 4.34. The monoisotopic (exact) mass is 498 g/mol. The van der Waals surface area contributed by atoms with Crippen LogP contribution in [0.2, 0.25) is 0 Å². The van der Waals surface area contributed by atoms with Crippen LogP contribution < -0.4 is 19.5 Å². The maximum absolute atomic E-state index is 12.9. The summed E-state index contributed by atoms with van der Waals surface area (Å²) in [6.45, 7) is 0.160. The molecular weight excluding hydrogens is 484 g/mol. The van der Waals surface area contributed by atoms with Crippen LogP contribution in [0.15, 0.2) is 76.1 Å². The number of benzene rings is 3. The first kappa shape index (κ1) is 19.6. The minimum absolute atomic E-state index is 0.0827. The molecule has 0 spiro atoms. The van der Waals surface area contributed by atoms with Crippen molar-refractivity contribution in [2.75, 3.05) is 16.8 Å². The summed E-state index contributed by atoms with van der Waals surface area (Å²) in [6.07, 6.45) is 0. The number of halogens is 1. The minimum Gasteiger partial charge on any atom is -0.454 e. The fourth-order valence-electron chi connectivity index (χ4n) is 3.07. The lowest BCUT2D eigenvalue weighted by Crippen LogP contribution is -2.16. The molecule has 0 amide bonds. The average Bonchev–Trinajstić information content (AvgIpc) is 3.22. The highest BCUT2D eigenvalue weighted by atomic mass is 79.9. The number of fused-ring (bicyclic) bond motifs is 2. The van der Waals surface area contributed by atoms with Gasteiger partial charge >= 0.3 is 0 Å². The molecule has 0 fully saturated rings. The van der Waals surface area contributed by atoms with E-state index >= 15 is 0 Å². The summed E-state index contributed by atoms with van der Waals surface area (Å²) in [5.41, 5.74) is 1.84. The number of anilines is 3. The van der Waals surface area contributed by atoms with Crippen LogP contribution in [-0.4, -0.2) is 25.2 Å². The Bertz CT molecular complexity index is 1390. The zero-order valence-corrected chi connectivity index (χ0v) is 18.3. The van der Waals surface area contributed by atoms with Gasteiger partial charge in [0.1, 0.15) is 0 Å². The van der Waals surface area contributed by atoms with E-state index in [1.54, 1.807) is 42.5 Å². The molecule has 1 aromatic heterocycles. The zero-order chi connectivity index (χ0) is 21.4. The summed E-state index contributed by atoms with van der Waals surface area (Å²) < 4.78 is 40.0. The van der Waals surface area contributed by atoms with Crippen molar-refractivity contribution in [3.63, 3.8) is 0 Å². The van der Waals surface area contributed by atoms with E-state index in [9.17, 15) is 8.42 Å². The molecule has 2 N–H and O–H groups in total. The standard InChI is InChI=1S/C21H15BrN4O4S/c22-13-5-8-15(9-6-13)31(27,28)26-21-20(24-16-3-1-2-4-17(16)25-21)23-14-7-10-18-19(11-14)30-12-29-18/h1-11H,12H2,(H,23,24)(H,25,26). The minimum atomic E-state index is -3.88. The van der Waals surface area contributed by atoms with Gasteiger partial charge in [0.2, 0.25) is 6.79 Å². The Labute approximate surface area is 186 Å². The molecule has 10 heteroatoms. The summed E-state index contributed by atoms with van der Waals surface area (Å²) in [6, 6.07) is 18.9. The Kier molecular flexibility index (Phi) is 4.87. The van der Waals surface area contributed by atoms with E-state index < -0.39 is 10.0 Å². The second-order valence-corrected chi connectivity index (χ2v) is 9.26. The molecule has 0 radical (unpaired) electrons. The normalized spacial score (nSPS) is 12.7. The van der Waals surface area contributed by atoms with E-state index in [1.807, 2.05) is 12.1 Å². The molecule has 4 aromatic rings. The first-order chi connectivity index (χ1) is 15.0. The van der Waals surface area contributed by atoms with Crippen molar-refractivity contribution in [3.05, 3.63) is 71.2 Å². The average molecular weight is 499 g/mol. The van der Waals surface area contributed by atoms with Gasteiger partial charge in [-0.05, 0) is 48.5 Å². The molecule has 2 heterocycles. The summed E-state index contributed by atoms with van der Waals surface area (Å²) in [5.74, 6) is 1.58. The molecule has 0 atom stereocenters. The van der Waals surface area contributed by atoms with Gasteiger partial charge in [-0.25, -0.2) is 18.4 Å². The molecule has 0 bridgehead atoms. The third-order valence-electron chi connectivity index (χ3n) is 4.56. The van der Waals surface area contributed by atoms with Gasteiger partial charge in [0.25, 0.3) is 10.0 Å². The van der Waals surface area contributed by atoms with Crippen LogP contribution in [0, 0.1) is 0 Å². The van der Waals surface area contributed by atoms with Gasteiger partial charge in [0.05, 0.1) is 15.9 Å². The molecule has 1 aliphatic heterocycles. The Morgan fingerprint density at radius 3 is 2.26 bits per heavy atom. The van der Waals surface area contributed by atoms with Crippen LogP contribution in [0.1, 0.15) is 0 Å². The molecule has 5 rings (SSSR count). The van der Waals surface area contributed by atoms with Crippen LogP contribution in [0.5, 0.6) is 11.5 Å². The predicted molar refractivity (Wildman–Crippen MR) is 120 cm³/mol. The highest BCUT2D eigenvalue weighted by Crippen LogP contribution is 2.36. The number of nitrogens with zero attached hydrogens (tertiary/aromatic N) is 2. The summed E-state index contributed by atoms with van der Waals surface area (Å²) in [4.78, 5) is 9.18. The lowest BCUT2D eigenvalue weighted by atomic mass is 10.2. The molecule has 3 aromatic carbocycles. The van der Waals surface area contributed by atoms with Crippen molar-refractivity contribution < 1.29 is 17.9 Å². The van der Waals surface area contributed by atoms with E-state index in [0.717, 1.165) is 4.47 Å². The smallest absolute Gasteiger partial charge is 0.263 e. The molecule has 0 unspecified atom stereocenters. The third kappa shape index (κ3) is 3.99. The maximum atomic E-state index is 12.9. The van der Waals surface area contributed by atoms with E-state index in [1.165, 1.54) is 12.1 Å². The van der Waals surface area contributed by atoms with Crippen molar-refractivity contribution in [1.29, 1.82) is 0 Å². The molecule has 31 heavy (non-hydrogen) atoms. The number of nitrogens with one attached hydrogen (secondary N) is 2. The van der Waals surface area contributed by atoms with Gasteiger partial charge in [-0.3, -0.25) is 4.72 Å². The number of para-hydroxylation sites is 2. The molecule has 0 saturated carbocycles. The largest absolute Gasteiger partial charge is 0.454 e. The second-order valence-electron chi connectivity index (χ2n) is 6.66. The van der Waals surface area contributed by atoms with Gasteiger partial charge < -0.3 is 14.8 Å². The van der Waals surface area contributed by atoms with E-state index in [0.29, 0.717) is 28.2 Å². The zero-order valence-electron chi connectivity index (χ0n) is 15.9. The molecular formula is C21H15BrN4O4S. The fraction of sp³-hybridized carbons (Fsp3) is 0.0476. The summed E-state index contributed by atoms with van der Waals surface area (Å²) in [7, 11) is -3.88. The van der Waals surface area contributed by atoms with Gasteiger partial charge in [0, 0.05) is 16.2 Å². The topological polar surface area (TPSA) is 102 Å². The predicted octanol–water partition coefficient (Wildman–Crippen LogP) is 4.67. The van der Waals surface area contributed by atoms with Crippen molar-refractivity contribution in [2.24, 2.45) is 0 Å². The van der Waals surface area contributed by atoms with Crippen LogP contribution in [0.25, 0.3) is 11.0 Å². The van der Waals surface area contributed by atoms with Crippen molar-refractivity contribution in [2.45, 2.75) is 4.90 Å². The van der Waals surface area contributed by atoms with Crippen LogP contribution in [0.4, 0.5) is 17.3 Å². The highest BCUT2D eigenvalue weighted by molar-refractivity contribution is 9.10. The molecule has 0 aliphatic carbocycles. The lowest BCUT2D eigenvalue weighted by molar-refractivity contribution is 0.174. The van der Waals surface area contributed by atoms with Gasteiger partial charge in [-0.2, -0.15) is 0 Å². The van der Waals surface area contributed by atoms with Gasteiger partial charge in [-0.1, -0.05) is 28.1 Å². The van der Waals surface area contributed by atoms with E-state index in [2.05, 4.69) is 35.9 Å². The van der Waals surface area contributed by atoms with Gasteiger partial charge in [0.15, 0.2) is 23.1 Å². The summed E-state index contributed by atoms with van der Waals surface area (Å²) in [5, 5.41) is 3.13. The van der Waals surface area contributed by atoms with Crippen LogP contribution >= 0.6 is 15.9 Å². The van der Waals surface area contributed by atoms with Gasteiger partial charge in [-0.15, -0.1) is 0 Å². The number of rotatable bonds is 5. The molecule has 156 valence electrons. The van der Waals surface area contributed by atoms with Crippen LogP contribution in [-0.2, 0) is 10.0 Å². The van der Waals surface area contributed by atoms with Crippen molar-refractivity contribution >= 4 is 54.3 Å². The highest BCUT2D eigenvalue weighted by Gasteiger charge is 2.20. The Balaban J connectivity index is 1.55. The molecule has 1 aliphatic rings. The first-order valence-electron chi connectivity index (χ1n) is 9.20. The number of hydrogen-bond donors (Lipinski definition) is 2. The van der Waals surface area contributed by atoms with Crippen LogP contribution in [0.3, 0.4) is 0 Å². The number of hydrogen-bond acceptors (Lipinski definition) is 7. The van der Waals surface area contributed by atoms with E-state index in [-0.39, 0.29) is 23.3 Å². The summed E-state index contributed by atoms with van der Waals surface area (Å²) >= 11 is 3.31. The molecule has 8 nitrogen and oxygen atoms in total. The lowest BCUT2D eigenvalue weighted by Gasteiger charge is -2.14. The maximum Gasteiger partial charge on any atom is 0.263 e. The Hall–Kier alpha value is -3.37. The quantitative estimate of drug-likeness (QED) is 0.412. The second kappa shape index (κ2) is 7.71. The van der Waals surface area contributed by atoms with Crippen molar-refractivity contribution in [3.8, 4) is 11.5 Å². The van der Waals surface area contributed by atoms with E-state index in [4.69, 9.17) is 9.47 Å². The number of aromatic nitrogens is 2. The SMILES string of the molecule is O=S(=O)(Nc1nc2ccccc2nc1Nc1ccc2c(c1)OCO2)c1ccc(Br)cc1. The first-order valence-corrected chi connectivity index (χ1v) is 11.5. The molecule has 0 saturated heterocycles. The number of sulfonamides is 1. The Morgan fingerprint density at radius 1 is 0.839 bits per heavy atom. The number of ether oxygens (including phenoxy) is 2.